The van der Waals surface area contributed by atoms with Crippen molar-refractivity contribution in [3.05, 3.63) is 58.9 Å². The van der Waals surface area contributed by atoms with E-state index in [9.17, 15) is 10.4 Å². The second-order valence-corrected chi connectivity index (χ2v) is 4.77. The molecular formula is C16H15N3O3. The van der Waals surface area contributed by atoms with Gasteiger partial charge in [-0.3, -0.25) is 5.73 Å². The Balaban J connectivity index is 2.33. The summed E-state index contributed by atoms with van der Waals surface area (Å²) in [6.07, 6.45) is 0. The molecule has 0 aliphatic rings. The van der Waals surface area contributed by atoms with E-state index < -0.39 is 0 Å². The molecule has 0 saturated heterocycles. The molecule has 2 aromatic carbocycles. The standard InChI is InChI=1S/C16H15N3O3/c1-2-22-12-8-9-13-14(10-12)18(20)15(16(17)19(13)21)11-6-4-3-5-7-11/h3-10H,2,17H2,1H3. The number of rotatable bonds is 3. The number of aromatic nitrogens is 2. The largest absolute Gasteiger partial charge is 0.710 e. The number of nitrogens with two attached hydrogens (primary N) is 1. The minimum atomic E-state index is -0.127. The maximum absolute atomic E-state index is 12.7. The number of nitrogens with zero attached hydrogens (tertiary/aromatic N) is 2. The van der Waals surface area contributed by atoms with E-state index in [1.54, 1.807) is 36.4 Å². The van der Waals surface area contributed by atoms with Gasteiger partial charge >= 0.3 is 11.5 Å². The van der Waals surface area contributed by atoms with Gasteiger partial charge in [0.05, 0.1) is 18.2 Å². The minimum absolute atomic E-state index is 0.127. The van der Waals surface area contributed by atoms with Crippen molar-refractivity contribution in [3.8, 4) is 17.0 Å². The average Bonchev–Trinajstić information content (AvgIpc) is 2.54. The molecule has 0 amide bonds. The monoisotopic (exact) mass is 297 g/mol. The van der Waals surface area contributed by atoms with Crippen LogP contribution in [0.3, 0.4) is 0 Å². The van der Waals surface area contributed by atoms with Gasteiger partial charge in [0.1, 0.15) is 5.75 Å². The van der Waals surface area contributed by atoms with Gasteiger partial charge in [0.15, 0.2) is 0 Å². The number of nitrogen functional groups attached to an aromatic ring is 1. The molecular weight excluding hydrogens is 282 g/mol. The van der Waals surface area contributed by atoms with E-state index in [1.165, 1.54) is 6.07 Å². The molecule has 0 saturated carbocycles. The third kappa shape index (κ3) is 2.14. The molecule has 3 rings (SSSR count). The summed E-state index contributed by atoms with van der Waals surface area (Å²) in [5.41, 5.74) is 7.02. The van der Waals surface area contributed by atoms with E-state index >= 15 is 0 Å². The SMILES string of the molecule is CCOc1ccc2c(c1)[n+]([O-])c(-c1ccccc1)c(N)[n+]2[O-]. The van der Waals surface area contributed by atoms with E-state index in [0.29, 0.717) is 27.4 Å². The highest BCUT2D eigenvalue weighted by atomic mass is 16.5. The fourth-order valence-electron chi connectivity index (χ4n) is 2.41. The van der Waals surface area contributed by atoms with Crippen molar-refractivity contribution in [2.24, 2.45) is 0 Å². The molecule has 1 heterocycles. The highest BCUT2D eigenvalue weighted by molar-refractivity contribution is 5.75. The van der Waals surface area contributed by atoms with Crippen LogP contribution < -0.4 is 19.9 Å². The molecule has 3 aromatic rings. The Bertz CT molecular complexity index is 835. The normalized spacial score (nSPS) is 10.8. The lowest BCUT2D eigenvalue weighted by Crippen LogP contribution is -2.42. The van der Waals surface area contributed by atoms with Crippen molar-refractivity contribution in [3.63, 3.8) is 0 Å². The van der Waals surface area contributed by atoms with Crippen molar-refractivity contribution in [2.75, 3.05) is 12.3 Å². The third-order valence-corrected chi connectivity index (χ3v) is 3.41. The van der Waals surface area contributed by atoms with Gasteiger partial charge in [0.25, 0.3) is 5.52 Å². The van der Waals surface area contributed by atoms with Crippen molar-refractivity contribution in [1.29, 1.82) is 0 Å². The third-order valence-electron chi connectivity index (χ3n) is 3.41. The minimum Gasteiger partial charge on any atom is -0.710 e. The first-order chi connectivity index (χ1) is 10.6. The Morgan fingerprint density at radius 1 is 1.00 bits per heavy atom. The van der Waals surface area contributed by atoms with Gasteiger partial charge < -0.3 is 15.2 Å². The van der Waals surface area contributed by atoms with Gasteiger partial charge in [-0.15, -0.1) is 0 Å². The van der Waals surface area contributed by atoms with E-state index in [2.05, 4.69) is 0 Å². The Morgan fingerprint density at radius 3 is 2.41 bits per heavy atom. The maximum Gasteiger partial charge on any atom is 0.351 e. The summed E-state index contributed by atoms with van der Waals surface area (Å²) in [5.74, 6) is 0.404. The summed E-state index contributed by atoms with van der Waals surface area (Å²) >= 11 is 0. The number of benzene rings is 2. The highest BCUT2D eigenvalue weighted by Crippen LogP contribution is 2.23. The number of anilines is 1. The van der Waals surface area contributed by atoms with Crippen molar-refractivity contribution in [1.82, 2.24) is 0 Å². The first kappa shape index (κ1) is 13.9. The lowest BCUT2D eigenvalue weighted by atomic mass is 10.1. The van der Waals surface area contributed by atoms with Crippen LogP contribution in [0, 0.1) is 10.4 Å². The molecule has 22 heavy (non-hydrogen) atoms. The van der Waals surface area contributed by atoms with Crippen LogP contribution in [-0.2, 0) is 0 Å². The fourth-order valence-corrected chi connectivity index (χ4v) is 2.41. The molecule has 6 nitrogen and oxygen atoms in total. The number of ether oxygens (including phenoxy) is 1. The molecule has 1 aromatic heterocycles. The first-order valence-corrected chi connectivity index (χ1v) is 6.90. The summed E-state index contributed by atoms with van der Waals surface area (Å²) in [6, 6.07) is 13.6. The zero-order valence-electron chi connectivity index (χ0n) is 12.0. The predicted octanol–water partition coefficient (Wildman–Crippen LogP) is 1.75. The van der Waals surface area contributed by atoms with Crippen molar-refractivity contribution >= 4 is 16.9 Å². The molecule has 0 aliphatic heterocycles. The second kappa shape index (κ2) is 5.40. The van der Waals surface area contributed by atoms with Crippen molar-refractivity contribution in [2.45, 2.75) is 6.92 Å². The van der Waals surface area contributed by atoms with Crippen LogP contribution >= 0.6 is 0 Å². The van der Waals surface area contributed by atoms with Crippen LogP contribution in [0.15, 0.2) is 48.5 Å². The quantitative estimate of drug-likeness (QED) is 0.589. The Hall–Kier alpha value is -3.02. The van der Waals surface area contributed by atoms with Gasteiger partial charge in [0.2, 0.25) is 5.52 Å². The molecule has 0 fully saturated rings. The first-order valence-electron chi connectivity index (χ1n) is 6.90. The Morgan fingerprint density at radius 2 is 1.73 bits per heavy atom. The summed E-state index contributed by atoms with van der Waals surface area (Å²) in [4.78, 5) is 0. The van der Waals surface area contributed by atoms with Crippen LogP contribution in [0.1, 0.15) is 6.92 Å². The van der Waals surface area contributed by atoms with E-state index in [0.717, 1.165) is 0 Å². The number of fused-ring (bicyclic) bond motifs is 1. The molecule has 0 radical (unpaired) electrons. The smallest absolute Gasteiger partial charge is 0.351 e. The zero-order valence-corrected chi connectivity index (χ0v) is 12.0. The molecule has 0 aliphatic carbocycles. The van der Waals surface area contributed by atoms with Crippen LogP contribution in [0.4, 0.5) is 5.82 Å². The number of hydrogen-bond acceptors (Lipinski definition) is 4. The lowest BCUT2D eigenvalue weighted by Gasteiger charge is -2.14. The zero-order chi connectivity index (χ0) is 15.7. The summed E-state index contributed by atoms with van der Waals surface area (Å²) < 4.78 is 6.64. The molecule has 0 bridgehead atoms. The van der Waals surface area contributed by atoms with E-state index in [1.807, 2.05) is 13.0 Å². The summed E-state index contributed by atoms with van der Waals surface area (Å²) in [6.45, 7) is 2.32. The fraction of sp³-hybridized carbons (Fsp3) is 0.125. The predicted molar refractivity (Wildman–Crippen MR) is 82.9 cm³/mol. The van der Waals surface area contributed by atoms with Gasteiger partial charge in [-0.25, -0.2) is 4.73 Å². The molecule has 112 valence electrons. The number of hydrogen-bond donors (Lipinski definition) is 1. The van der Waals surface area contributed by atoms with E-state index in [4.69, 9.17) is 10.5 Å². The van der Waals surface area contributed by atoms with Crippen LogP contribution in [0.5, 0.6) is 5.75 Å². The Kier molecular flexibility index (Phi) is 3.42. The van der Waals surface area contributed by atoms with Crippen LogP contribution in [-0.4, -0.2) is 6.61 Å². The molecule has 0 spiro atoms. The lowest BCUT2D eigenvalue weighted by molar-refractivity contribution is -0.609. The van der Waals surface area contributed by atoms with E-state index in [-0.39, 0.29) is 22.5 Å². The molecule has 0 unspecified atom stereocenters. The molecule has 6 heteroatoms. The summed E-state index contributed by atoms with van der Waals surface area (Å²) in [7, 11) is 0. The van der Waals surface area contributed by atoms with Gasteiger partial charge in [-0.05, 0) is 31.2 Å². The van der Waals surface area contributed by atoms with Gasteiger partial charge in [-0.2, -0.15) is 4.73 Å². The van der Waals surface area contributed by atoms with Crippen LogP contribution in [0.2, 0.25) is 0 Å². The van der Waals surface area contributed by atoms with Crippen LogP contribution in [0.25, 0.3) is 22.3 Å². The molecule has 0 atom stereocenters. The average molecular weight is 297 g/mol. The second-order valence-electron chi connectivity index (χ2n) is 4.77. The Labute approximate surface area is 127 Å². The maximum atomic E-state index is 12.7. The van der Waals surface area contributed by atoms with Crippen molar-refractivity contribution < 1.29 is 14.2 Å². The highest BCUT2D eigenvalue weighted by Gasteiger charge is 2.25. The summed E-state index contributed by atoms with van der Waals surface area (Å²) in [5, 5.41) is 25.0. The van der Waals surface area contributed by atoms with Gasteiger partial charge in [0, 0.05) is 0 Å². The molecule has 2 N–H and O–H groups in total. The van der Waals surface area contributed by atoms with Gasteiger partial charge in [-0.1, -0.05) is 18.2 Å². The topological polar surface area (TPSA) is 89.1 Å².